The van der Waals surface area contributed by atoms with Gasteiger partial charge in [-0.1, -0.05) is 33.8 Å². The Hall–Kier alpha value is -1.02. The van der Waals surface area contributed by atoms with Crippen molar-refractivity contribution >= 4 is 5.69 Å². The summed E-state index contributed by atoms with van der Waals surface area (Å²) in [7, 11) is 0. The highest BCUT2D eigenvalue weighted by Gasteiger charge is 2.29. The van der Waals surface area contributed by atoms with Gasteiger partial charge < -0.3 is 10.2 Å². The summed E-state index contributed by atoms with van der Waals surface area (Å²) in [5.41, 5.74) is 4.68. The van der Waals surface area contributed by atoms with Crippen LogP contribution >= 0.6 is 0 Å². The number of rotatable bonds is 5. The highest BCUT2D eigenvalue weighted by Crippen LogP contribution is 2.33. The maximum Gasteiger partial charge on any atom is 0.0369 e. The molecule has 2 heteroatoms. The topological polar surface area (TPSA) is 15.3 Å². The lowest BCUT2D eigenvalue weighted by atomic mass is 9.93. The molecule has 2 rings (SSSR count). The second kappa shape index (κ2) is 6.17. The summed E-state index contributed by atoms with van der Waals surface area (Å²) in [6.07, 6.45) is 1.30. The van der Waals surface area contributed by atoms with Crippen molar-refractivity contribution in [3.05, 3.63) is 29.3 Å². The molecule has 0 atom stereocenters. The standard InChI is InChI=1S/C18H30N2/c1-14(2)11-19-12-16-6-7-17(10-15(16)3)20-9-8-18(4,5)13-20/h6-7,10,14,19H,8-9,11-13H2,1-5H3. The van der Waals surface area contributed by atoms with Gasteiger partial charge in [0.2, 0.25) is 0 Å². The van der Waals surface area contributed by atoms with E-state index in [9.17, 15) is 0 Å². The van der Waals surface area contributed by atoms with Crippen LogP contribution in [0.3, 0.4) is 0 Å². The molecule has 1 heterocycles. The van der Waals surface area contributed by atoms with E-state index in [0.717, 1.165) is 13.1 Å². The van der Waals surface area contributed by atoms with Gasteiger partial charge in [0.15, 0.2) is 0 Å². The van der Waals surface area contributed by atoms with E-state index in [1.165, 1.54) is 36.3 Å². The van der Waals surface area contributed by atoms with Crippen LogP contribution in [0.15, 0.2) is 18.2 Å². The Morgan fingerprint density at radius 1 is 1.30 bits per heavy atom. The van der Waals surface area contributed by atoms with Crippen LogP contribution in [0.1, 0.15) is 45.2 Å². The van der Waals surface area contributed by atoms with E-state index in [4.69, 9.17) is 0 Å². The largest absolute Gasteiger partial charge is 0.371 e. The molecule has 2 nitrogen and oxygen atoms in total. The van der Waals surface area contributed by atoms with E-state index in [2.05, 4.69) is 63.0 Å². The van der Waals surface area contributed by atoms with Crippen LogP contribution < -0.4 is 10.2 Å². The van der Waals surface area contributed by atoms with Crippen LogP contribution in [0.25, 0.3) is 0 Å². The van der Waals surface area contributed by atoms with E-state index in [-0.39, 0.29) is 0 Å². The molecular formula is C18H30N2. The molecule has 0 bridgehead atoms. The predicted molar refractivity (Wildman–Crippen MR) is 88.3 cm³/mol. The second-order valence-corrected chi connectivity index (χ2v) is 7.47. The van der Waals surface area contributed by atoms with E-state index in [1.54, 1.807) is 0 Å². The van der Waals surface area contributed by atoms with Gasteiger partial charge in [0.05, 0.1) is 0 Å². The van der Waals surface area contributed by atoms with Crippen molar-refractivity contribution in [1.29, 1.82) is 0 Å². The van der Waals surface area contributed by atoms with Gasteiger partial charge in [0, 0.05) is 25.3 Å². The minimum absolute atomic E-state index is 0.464. The van der Waals surface area contributed by atoms with Crippen molar-refractivity contribution in [2.45, 2.75) is 47.6 Å². The minimum Gasteiger partial charge on any atom is -0.371 e. The fourth-order valence-corrected chi connectivity index (χ4v) is 2.90. The number of hydrogen-bond acceptors (Lipinski definition) is 2. The molecule has 20 heavy (non-hydrogen) atoms. The highest BCUT2D eigenvalue weighted by atomic mass is 15.2. The molecule has 1 saturated heterocycles. The van der Waals surface area contributed by atoms with Crippen molar-refractivity contribution in [3.63, 3.8) is 0 Å². The number of hydrogen-bond donors (Lipinski definition) is 1. The van der Waals surface area contributed by atoms with E-state index >= 15 is 0 Å². The second-order valence-electron chi connectivity index (χ2n) is 7.47. The molecule has 0 unspecified atom stereocenters. The summed E-state index contributed by atoms with van der Waals surface area (Å²) >= 11 is 0. The lowest BCUT2D eigenvalue weighted by Crippen LogP contribution is -2.23. The molecular weight excluding hydrogens is 244 g/mol. The number of nitrogens with zero attached hydrogens (tertiary/aromatic N) is 1. The van der Waals surface area contributed by atoms with Gasteiger partial charge in [-0.15, -0.1) is 0 Å². The Balaban J connectivity index is 1.99. The normalized spacial score (nSPS) is 18.0. The molecule has 0 aromatic heterocycles. The van der Waals surface area contributed by atoms with Crippen LogP contribution in [-0.2, 0) is 6.54 Å². The predicted octanol–water partition coefficient (Wildman–Crippen LogP) is 3.98. The summed E-state index contributed by atoms with van der Waals surface area (Å²) in [5.74, 6) is 0.710. The fourth-order valence-electron chi connectivity index (χ4n) is 2.90. The molecule has 1 aliphatic heterocycles. The molecule has 1 aromatic rings. The van der Waals surface area contributed by atoms with E-state index < -0.39 is 0 Å². The van der Waals surface area contributed by atoms with Crippen LogP contribution in [-0.4, -0.2) is 19.6 Å². The molecule has 0 radical (unpaired) electrons. The maximum absolute atomic E-state index is 3.53. The van der Waals surface area contributed by atoms with Gasteiger partial charge in [0.25, 0.3) is 0 Å². The Kier molecular flexibility index (Phi) is 4.74. The number of benzene rings is 1. The van der Waals surface area contributed by atoms with Crippen LogP contribution in [0.4, 0.5) is 5.69 Å². The first kappa shape index (κ1) is 15.4. The Bertz CT molecular complexity index is 449. The Morgan fingerprint density at radius 3 is 2.60 bits per heavy atom. The van der Waals surface area contributed by atoms with Crippen molar-refractivity contribution < 1.29 is 0 Å². The zero-order valence-corrected chi connectivity index (χ0v) is 13.8. The average molecular weight is 274 g/mol. The van der Waals surface area contributed by atoms with Crippen LogP contribution in [0, 0.1) is 18.3 Å². The van der Waals surface area contributed by atoms with Crippen LogP contribution in [0.2, 0.25) is 0 Å². The maximum atomic E-state index is 3.53. The van der Waals surface area contributed by atoms with Gasteiger partial charge in [0.1, 0.15) is 0 Å². The average Bonchev–Trinajstić information content (AvgIpc) is 2.71. The number of nitrogens with one attached hydrogen (secondary N) is 1. The quantitative estimate of drug-likeness (QED) is 0.874. The van der Waals surface area contributed by atoms with Gasteiger partial charge in [-0.05, 0) is 54.5 Å². The molecule has 0 amide bonds. The third kappa shape index (κ3) is 3.99. The monoisotopic (exact) mass is 274 g/mol. The lowest BCUT2D eigenvalue weighted by Gasteiger charge is -2.22. The molecule has 1 N–H and O–H groups in total. The van der Waals surface area contributed by atoms with Crippen LogP contribution in [0.5, 0.6) is 0 Å². The summed E-state index contributed by atoms with van der Waals surface area (Å²) < 4.78 is 0. The van der Waals surface area contributed by atoms with Gasteiger partial charge in [-0.2, -0.15) is 0 Å². The fraction of sp³-hybridized carbons (Fsp3) is 0.667. The first-order valence-electron chi connectivity index (χ1n) is 7.92. The van der Waals surface area contributed by atoms with E-state index in [1.807, 2.05) is 0 Å². The highest BCUT2D eigenvalue weighted by molar-refractivity contribution is 5.51. The zero-order valence-electron chi connectivity index (χ0n) is 13.8. The van der Waals surface area contributed by atoms with Crippen molar-refractivity contribution in [2.24, 2.45) is 11.3 Å². The van der Waals surface area contributed by atoms with Gasteiger partial charge in [-0.25, -0.2) is 0 Å². The van der Waals surface area contributed by atoms with E-state index in [0.29, 0.717) is 11.3 Å². The van der Waals surface area contributed by atoms with Crippen molar-refractivity contribution in [1.82, 2.24) is 5.32 Å². The first-order chi connectivity index (χ1) is 9.37. The van der Waals surface area contributed by atoms with Gasteiger partial charge in [-0.3, -0.25) is 0 Å². The Labute approximate surface area is 124 Å². The third-order valence-electron chi connectivity index (χ3n) is 4.24. The molecule has 0 aliphatic carbocycles. The SMILES string of the molecule is Cc1cc(N2CCC(C)(C)C2)ccc1CNCC(C)C. The minimum atomic E-state index is 0.464. The Morgan fingerprint density at radius 2 is 2.05 bits per heavy atom. The summed E-state index contributed by atoms with van der Waals surface area (Å²) in [5, 5.41) is 3.53. The van der Waals surface area contributed by atoms with Crippen molar-refractivity contribution in [3.8, 4) is 0 Å². The molecule has 1 fully saturated rings. The zero-order chi connectivity index (χ0) is 14.8. The molecule has 1 aromatic carbocycles. The summed E-state index contributed by atoms with van der Waals surface area (Å²) in [4.78, 5) is 2.53. The first-order valence-corrected chi connectivity index (χ1v) is 7.92. The number of anilines is 1. The number of aryl methyl sites for hydroxylation is 1. The molecule has 112 valence electrons. The summed E-state index contributed by atoms with van der Waals surface area (Å²) in [6.45, 7) is 15.9. The molecule has 0 spiro atoms. The smallest absolute Gasteiger partial charge is 0.0369 e. The molecule has 1 aliphatic rings. The van der Waals surface area contributed by atoms with Gasteiger partial charge >= 0.3 is 0 Å². The molecule has 0 saturated carbocycles. The summed E-state index contributed by atoms with van der Waals surface area (Å²) in [6, 6.07) is 6.94. The lowest BCUT2D eigenvalue weighted by molar-refractivity contribution is 0.418. The third-order valence-corrected chi connectivity index (χ3v) is 4.24. The van der Waals surface area contributed by atoms with Crippen molar-refractivity contribution in [2.75, 3.05) is 24.5 Å².